The first-order valence-electron chi connectivity index (χ1n) is 9.89. The molecule has 0 aromatic heterocycles. The molecule has 32 heavy (non-hydrogen) atoms. The molecule has 0 saturated heterocycles. The second kappa shape index (κ2) is 9.02. The minimum absolute atomic E-state index is 0.157. The van der Waals surface area contributed by atoms with Gasteiger partial charge < -0.3 is 10.1 Å². The van der Waals surface area contributed by atoms with E-state index in [0.717, 1.165) is 5.56 Å². The topological polar surface area (TPSA) is 75.7 Å². The number of carbonyl (C=O) groups is 1. The molecule has 1 amide bonds. The standard InChI is InChI=1S/C23H20Cl2N2O4S/c1-15(31-22-11-6-17(24)14-20(22)25)23(28)26-18-7-9-19(10-8-18)32(29,30)27-13-12-16-4-2-3-5-21(16)27/h2-11,14-15H,12-13H2,1H3,(H,26,28)/t15-/m1/s1. The summed E-state index contributed by atoms with van der Waals surface area (Å²) in [7, 11) is -3.69. The van der Waals surface area contributed by atoms with Crippen LogP contribution in [0.5, 0.6) is 5.75 Å². The molecule has 1 aliphatic rings. The largest absolute Gasteiger partial charge is 0.479 e. The first kappa shape index (κ1) is 22.5. The van der Waals surface area contributed by atoms with Crippen molar-refractivity contribution in [3.05, 3.63) is 82.3 Å². The van der Waals surface area contributed by atoms with Gasteiger partial charge in [0.1, 0.15) is 5.75 Å². The predicted molar refractivity (Wildman–Crippen MR) is 126 cm³/mol. The van der Waals surface area contributed by atoms with Crippen LogP contribution in [0.4, 0.5) is 11.4 Å². The van der Waals surface area contributed by atoms with Gasteiger partial charge in [-0.05, 0) is 67.4 Å². The number of rotatable bonds is 6. The lowest BCUT2D eigenvalue weighted by Crippen LogP contribution is -2.30. The molecule has 0 bridgehead atoms. The Labute approximate surface area is 196 Å². The lowest BCUT2D eigenvalue weighted by Gasteiger charge is -2.20. The van der Waals surface area contributed by atoms with Crippen molar-refractivity contribution in [2.75, 3.05) is 16.2 Å². The summed E-state index contributed by atoms with van der Waals surface area (Å²) < 4.78 is 33.2. The van der Waals surface area contributed by atoms with Gasteiger partial charge in [-0.3, -0.25) is 9.10 Å². The van der Waals surface area contributed by atoms with Crippen molar-refractivity contribution in [3.8, 4) is 5.75 Å². The number of hydrogen-bond donors (Lipinski definition) is 1. The smallest absolute Gasteiger partial charge is 0.265 e. The highest BCUT2D eigenvalue weighted by molar-refractivity contribution is 7.92. The molecule has 0 saturated carbocycles. The zero-order valence-corrected chi connectivity index (χ0v) is 19.4. The van der Waals surface area contributed by atoms with E-state index < -0.39 is 22.0 Å². The Morgan fingerprint density at radius 1 is 1.06 bits per heavy atom. The number of nitrogens with zero attached hydrogens (tertiary/aromatic N) is 1. The molecule has 0 spiro atoms. The normalized spacial score (nSPS) is 14.0. The van der Waals surface area contributed by atoms with Crippen molar-refractivity contribution in [1.82, 2.24) is 0 Å². The summed E-state index contributed by atoms with van der Waals surface area (Å²) in [6.07, 6.45) is -0.155. The maximum atomic E-state index is 13.1. The van der Waals surface area contributed by atoms with Gasteiger partial charge in [-0.2, -0.15) is 0 Å². The fourth-order valence-corrected chi connectivity index (χ4v) is 5.41. The van der Waals surface area contributed by atoms with Crippen molar-refractivity contribution in [2.24, 2.45) is 0 Å². The van der Waals surface area contributed by atoms with Crippen LogP contribution in [0.3, 0.4) is 0 Å². The van der Waals surface area contributed by atoms with E-state index in [4.69, 9.17) is 27.9 Å². The van der Waals surface area contributed by atoms with Crippen LogP contribution in [0, 0.1) is 0 Å². The van der Waals surface area contributed by atoms with Gasteiger partial charge in [0.25, 0.3) is 15.9 Å². The number of carbonyl (C=O) groups excluding carboxylic acids is 1. The van der Waals surface area contributed by atoms with E-state index in [9.17, 15) is 13.2 Å². The van der Waals surface area contributed by atoms with E-state index in [-0.39, 0.29) is 4.90 Å². The molecular weight excluding hydrogens is 471 g/mol. The Morgan fingerprint density at radius 3 is 2.50 bits per heavy atom. The number of benzene rings is 3. The van der Waals surface area contributed by atoms with Crippen LogP contribution in [0.2, 0.25) is 10.0 Å². The van der Waals surface area contributed by atoms with E-state index in [0.29, 0.717) is 40.1 Å². The number of amides is 1. The number of anilines is 2. The number of nitrogens with one attached hydrogen (secondary N) is 1. The summed E-state index contributed by atoms with van der Waals surface area (Å²) in [6.45, 7) is 1.99. The van der Waals surface area contributed by atoms with Gasteiger partial charge in [-0.15, -0.1) is 0 Å². The Bertz CT molecular complexity index is 1260. The molecule has 0 fully saturated rings. The molecule has 3 aromatic rings. The van der Waals surface area contributed by atoms with Crippen molar-refractivity contribution in [3.63, 3.8) is 0 Å². The number of ether oxygens (including phenoxy) is 1. The molecule has 0 aliphatic carbocycles. The Hall–Kier alpha value is -2.74. The summed E-state index contributed by atoms with van der Waals surface area (Å²) in [4.78, 5) is 12.6. The third-order valence-corrected chi connectivity index (χ3v) is 7.48. The second-order valence-corrected chi connectivity index (χ2v) is 10.0. The van der Waals surface area contributed by atoms with Gasteiger partial charge in [-0.25, -0.2) is 8.42 Å². The number of para-hydroxylation sites is 1. The number of fused-ring (bicyclic) bond motifs is 1. The van der Waals surface area contributed by atoms with Crippen LogP contribution in [0.15, 0.2) is 71.6 Å². The van der Waals surface area contributed by atoms with Crippen LogP contribution in [0.25, 0.3) is 0 Å². The quantitative estimate of drug-likeness (QED) is 0.518. The lowest BCUT2D eigenvalue weighted by molar-refractivity contribution is -0.122. The van der Waals surface area contributed by atoms with Gasteiger partial charge in [-0.1, -0.05) is 41.4 Å². The minimum atomic E-state index is -3.69. The highest BCUT2D eigenvalue weighted by atomic mass is 35.5. The lowest BCUT2D eigenvalue weighted by atomic mass is 10.2. The molecule has 3 aromatic carbocycles. The maximum absolute atomic E-state index is 13.1. The summed E-state index contributed by atoms with van der Waals surface area (Å²) >= 11 is 12.0. The molecule has 0 unspecified atom stereocenters. The van der Waals surface area contributed by atoms with Gasteiger partial charge in [0.2, 0.25) is 0 Å². The van der Waals surface area contributed by atoms with Crippen LogP contribution in [0.1, 0.15) is 12.5 Å². The third-order valence-electron chi connectivity index (χ3n) is 5.12. The SMILES string of the molecule is C[C@@H](Oc1ccc(Cl)cc1Cl)C(=O)Nc1ccc(S(=O)(=O)N2CCc3ccccc32)cc1. The van der Waals surface area contributed by atoms with Crippen molar-refractivity contribution in [2.45, 2.75) is 24.3 Å². The van der Waals surface area contributed by atoms with Gasteiger partial charge in [0.15, 0.2) is 6.10 Å². The van der Waals surface area contributed by atoms with Crippen LogP contribution < -0.4 is 14.4 Å². The van der Waals surface area contributed by atoms with Crippen LogP contribution >= 0.6 is 23.2 Å². The summed E-state index contributed by atoms with van der Waals surface area (Å²) in [5.41, 5.74) is 2.17. The first-order chi connectivity index (χ1) is 15.3. The van der Waals surface area contributed by atoms with E-state index >= 15 is 0 Å². The van der Waals surface area contributed by atoms with Gasteiger partial charge >= 0.3 is 0 Å². The van der Waals surface area contributed by atoms with E-state index in [1.54, 1.807) is 31.2 Å². The average molecular weight is 491 g/mol. The molecule has 1 atom stereocenters. The zero-order valence-electron chi connectivity index (χ0n) is 17.1. The molecule has 1 aliphatic heterocycles. The summed E-state index contributed by atoms with van der Waals surface area (Å²) in [6, 6.07) is 18.3. The maximum Gasteiger partial charge on any atom is 0.265 e. The first-order valence-corrected chi connectivity index (χ1v) is 12.1. The fourth-order valence-electron chi connectivity index (χ4n) is 3.45. The average Bonchev–Trinajstić information content (AvgIpc) is 3.21. The number of hydrogen-bond acceptors (Lipinski definition) is 4. The second-order valence-electron chi connectivity index (χ2n) is 7.30. The molecule has 1 heterocycles. The van der Waals surface area contributed by atoms with Crippen molar-refractivity contribution >= 4 is 50.5 Å². The Morgan fingerprint density at radius 2 is 1.78 bits per heavy atom. The van der Waals surface area contributed by atoms with Crippen molar-refractivity contribution in [1.29, 1.82) is 0 Å². The molecular formula is C23H20Cl2N2O4S. The van der Waals surface area contributed by atoms with E-state index in [2.05, 4.69) is 5.32 Å². The van der Waals surface area contributed by atoms with Gasteiger partial charge in [0.05, 0.1) is 15.6 Å². The minimum Gasteiger partial charge on any atom is -0.479 e. The monoisotopic (exact) mass is 490 g/mol. The Balaban J connectivity index is 1.44. The molecule has 4 rings (SSSR count). The van der Waals surface area contributed by atoms with Crippen LogP contribution in [-0.4, -0.2) is 27.0 Å². The van der Waals surface area contributed by atoms with Gasteiger partial charge in [0, 0.05) is 17.3 Å². The molecule has 6 nitrogen and oxygen atoms in total. The predicted octanol–water partition coefficient (Wildman–Crippen LogP) is 5.15. The molecule has 0 radical (unpaired) electrons. The fraction of sp³-hybridized carbons (Fsp3) is 0.174. The summed E-state index contributed by atoms with van der Waals surface area (Å²) in [5, 5.41) is 3.48. The highest BCUT2D eigenvalue weighted by Gasteiger charge is 2.30. The number of sulfonamides is 1. The zero-order chi connectivity index (χ0) is 22.9. The van der Waals surface area contributed by atoms with E-state index in [1.807, 2.05) is 24.3 Å². The molecule has 1 N–H and O–H groups in total. The van der Waals surface area contributed by atoms with Crippen LogP contribution in [-0.2, 0) is 21.2 Å². The molecule has 9 heteroatoms. The number of halogens is 2. The molecule has 166 valence electrons. The third kappa shape index (κ3) is 4.55. The highest BCUT2D eigenvalue weighted by Crippen LogP contribution is 2.33. The van der Waals surface area contributed by atoms with E-state index in [1.165, 1.54) is 22.5 Å². The van der Waals surface area contributed by atoms with Crippen molar-refractivity contribution < 1.29 is 17.9 Å². The Kier molecular flexibility index (Phi) is 6.33. The summed E-state index contributed by atoms with van der Waals surface area (Å²) in [5.74, 6) is -0.0638.